The first kappa shape index (κ1) is 16.7. The van der Waals surface area contributed by atoms with Gasteiger partial charge in [0.2, 0.25) is 5.91 Å². The second-order valence-electron chi connectivity index (χ2n) is 5.66. The summed E-state index contributed by atoms with van der Waals surface area (Å²) in [6.45, 7) is 5.01. The van der Waals surface area contributed by atoms with Gasteiger partial charge in [-0.3, -0.25) is 4.79 Å². The van der Waals surface area contributed by atoms with Crippen LogP contribution in [0.15, 0.2) is 39.4 Å². The lowest BCUT2D eigenvalue weighted by molar-refractivity contribution is -0.121. The predicted octanol–water partition coefficient (Wildman–Crippen LogP) is 4.20. The minimum absolute atomic E-state index is 0.0443. The molecule has 1 N–H and O–H groups in total. The van der Waals surface area contributed by atoms with Crippen molar-refractivity contribution in [1.29, 1.82) is 0 Å². The number of halogens is 1. The first-order valence-corrected chi connectivity index (χ1v) is 8.31. The Kier molecular flexibility index (Phi) is 6.19. The van der Waals surface area contributed by atoms with E-state index in [-0.39, 0.29) is 5.91 Å². The van der Waals surface area contributed by atoms with E-state index in [4.69, 9.17) is 4.42 Å². The second kappa shape index (κ2) is 8.13. The molecule has 0 bridgehead atoms. The number of hydrogen-bond acceptors (Lipinski definition) is 3. The van der Waals surface area contributed by atoms with Crippen molar-refractivity contribution in [3.63, 3.8) is 0 Å². The number of nitrogens with one attached hydrogen (secondary N) is 1. The first-order valence-electron chi connectivity index (χ1n) is 7.52. The number of aryl methyl sites for hydroxylation is 1. The summed E-state index contributed by atoms with van der Waals surface area (Å²) in [4.78, 5) is 16.0. The summed E-state index contributed by atoms with van der Waals surface area (Å²) < 4.78 is 6.70. The average molecular weight is 365 g/mol. The highest BCUT2D eigenvalue weighted by atomic mass is 79.9. The Hall–Kier alpha value is -1.62. The lowest BCUT2D eigenvalue weighted by atomic mass is 10.1. The highest BCUT2D eigenvalue weighted by Crippen LogP contribution is 2.23. The van der Waals surface area contributed by atoms with Gasteiger partial charge in [-0.1, -0.05) is 41.9 Å². The minimum Gasteiger partial charge on any atom is -0.441 e. The molecule has 4 nitrogen and oxygen atoms in total. The molecule has 1 aromatic carbocycles. The fraction of sp³-hybridized carbons (Fsp3) is 0.412. The second-order valence-corrected chi connectivity index (χ2v) is 6.58. The number of rotatable bonds is 7. The van der Waals surface area contributed by atoms with Gasteiger partial charge in [-0.05, 0) is 24.5 Å². The number of nitrogens with zero attached hydrogens (tertiary/aromatic N) is 1. The summed E-state index contributed by atoms with van der Waals surface area (Å²) in [5.41, 5.74) is 0.967. The van der Waals surface area contributed by atoms with Gasteiger partial charge in [0.1, 0.15) is 0 Å². The van der Waals surface area contributed by atoms with Crippen LogP contribution in [0.4, 0.5) is 0 Å². The molecule has 0 aliphatic heterocycles. The van der Waals surface area contributed by atoms with Gasteiger partial charge in [0, 0.05) is 29.4 Å². The third kappa shape index (κ3) is 5.30. The molecule has 0 unspecified atom stereocenters. The standard InChI is InChI=1S/C17H21BrN2O2/c1-12(2)8-9-19-16(21)6-7-17-20-11-15(22-17)13-4-3-5-14(18)10-13/h3-5,10-12H,6-9H2,1-2H3,(H,19,21). The third-order valence-corrected chi connectivity index (χ3v) is 3.77. The van der Waals surface area contributed by atoms with E-state index in [0.29, 0.717) is 24.7 Å². The van der Waals surface area contributed by atoms with Gasteiger partial charge >= 0.3 is 0 Å². The number of amides is 1. The smallest absolute Gasteiger partial charge is 0.220 e. The van der Waals surface area contributed by atoms with Gasteiger partial charge in [0.05, 0.1) is 6.20 Å². The van der Waals surface area contributed by atoms with Crippen LogP contribution in [0.2, 0.25) is 0 Å². The van der Waals surface area contributed by atoms with Crippen LogP contribution in [-0.4, -0.2) is 17.4 Å². The van der Waals surface area contributed by atoms with Crippen molar-refractivity contribution < 1.29 is 9.21 Å². The summed E-state index contributed by atoms with van der Waals surface area (Å²) in [6, 6.07) is 7.85. The Balaban J connectivity index is 1.83. The normalized spacial score (nSPS) is 10.9. The molecule has 0 radical (unpaired) electrons. The SMILES string of the molecule is CC(C)CCNC(=O)CCc1ncc(-c2cccc(Br)c2)o1. The van der Waals surface area contributed by atoms with Crippen molar-refractivity contribution in [3.05, 3.63) is 40.8 Å². The molecule has 5 heteroatoms. The van der Waals surface area contributed by atoms with E-state index in [1.807, 2.05) is 24.3 Å². The van der Waals surface area contributed by atoms with Crippen molar-refractivity contribution in [1.82, 2.24) is 10.3 Å². The monoisotopic (exact) mass is 364 g/mol. The van der Waals surface area contributed by atoms with Gasteiger partial charge < -0.3 is 9.73 Å². The molecule has 1 heterocycles. The van der Waals surface area contributed by atoms with Crippen molar-refractivity contribution >= 4 is 21.8 Å². The molecule has 22 heavy (non-hydrogen) atoms. The van der Waals surface area contributed by atoms with Crippen LogP contribution in [0.1, 0.15) is 32.6 Å². The summed E-state index contributed by atoms with van der Waals surface area (Å²) in [5, 5.41) is 2.92. The van der Waals surface area contributed by atoms with Crippen molar-refractivity contribution in [2.75, 3.05) is 6.54 Å². The fourth-order valence-corrected chi connectivity index (χ4v) is 2.41. The van der Waals surface area contributed by atoms with Crippen LogP contribution >= 0.6 is 15.9 Å². The largest absolute Gasteiger partial charge is 0.441 e. The molecule has 0 fully saturated rings. The van der Waals surface area contributed by atoms with E-state index < -0.39 is 0 Å². The molecule has 1 aromatic heterocycles. The molecule has 118 valence electrons. The van der Waals surface area contributed by atoms with Gasteiger partial charge in [-0.15, -0.1) is 0 Å². The van der Waals surface area contributed by atoms with E-state index in [9.17, 15) is 4.79 Å². The lowest BCUT2D eigenvalue weighted by Gasteiger charge is -2.06. The molecular weight excluding hydrogens is 344 g/mol. The van der Waals surface area contributed by atoms with E-state index in [0.717, 1.165) is 28.8 Å². The number of aromatic nitrogens is 1. The predicted molar refractivity (Wildman–Crippen MR) is 90.4 cm³/mol. The van der Waals surface area contributed by atoms with E-state index in [1.165, 1.54) is 0 Å². The van der Waals surface area contributed by atoms with E-state index >= 15 is 0 Å². The number of carbonyl (C=O) groups excluding carboxylic acids is 1. The van der Waals surface area contributed by atoms with Crippen molar-refractivity contribution in [3.8, 4) is 11.3 Å². The van der Waals surface area contributed by atoms with Crippen LogP contribution in [0, 0.1) is 5.92 Å². The summed E-state index contributed by atoms with van der Waals surface area (Å²) >= 11 is 3.44. The molecule has 0 atom stereocenters. The maximum atomic E-state index is 11.7. The summed E-state index contributed by atoms with van der Waals surface area (Å²) in [7, 11) is 0. The molecule has 0 saturated carbocycles. The molecule has 1 amide bonds. The maximum Gasteiger partial charge on any atom is 0.220 e. The van der Waals surface area contributed by atoms with Gasteiger partial charge in [-0.25, -0.2) is 4.98 Å². The fourth-order valence-electron chi connectivity index (χ4n) is 2.01. The lowest BCUT2D eigenvalue weighted by Crippen LogP contribution is -2.25. The molecular formula is C17H21BrN2O2. The van der Waals surface area contributed by atoms with Crippen molar-refractivity contribution in [2.24, 2.45) is 5.92 Å². The highest BCUT2D eigenvalue weighted by molar-refractivity contribution is 9.10. The zero-order valence-corrected chi connectivity index (χ0v) is 14.5. The molecule has 2 rings (SSSR count). The highest BCUT2D eigenvalue weighted by Gasteiger charge is 2.09. The molecule has 0 aliphatic carbocycles. The van der Waals surface area contributed by atoms with Crippen LogP contribution < -0.4 is 5.32 Å². The van der Waals surface area contributed by atoms with Crippen LogP contribution in [0.25, 0.3) is 11.3 Å². The van der Waals surface area contributed by atoms with E-state index in [1.54, 1.807) is 6.20 Å². The number of carbonyl (C=O) groups is 1. The average Bonchev–Trinajstić information content (AvgIpc) is 2.93. The molecule has 0 spiro atoms. The van der Waals surface area contributed by atoms with E-state index in [2.05, 4.69) is 40.1 Å². The number of hydrogen-bond donors (Lipinski definition) is 1. The Morgan fingerprint density at radius 1 is 1.41 bits per heavy atom. The van der Waals surface area contributed by atoms with Gasteiger partial charge in [0.25, 0.3) is 0 Å². The summed E-state index contributed by atoms with van der Waals surface area (Å²) in [5.74, 6) is 1.95. The zero-order chi connectivity index (χ0) is 15.9. The van der Waals surface area contributed by atoms with Crippen LogP contribution in [0.3, 0.4) is 0 Å². The van der Waals surface area contributed by atoms with Gasteiger partial charge in [0.15, 0.2) is 11.7 Å². The van der Waals surface area contributed by atoms with Gasteiger partial charge in [-0.2, -0.15) is 0 Å². The third-order valence-electron chi connectivity index (χ3n) is 3.27. The molecule has 0 saturated heterocycles. The number of oxazole rings is 1. The van der Waals surface area contributed by atoms with Crippen LogP contribution in [-0.2, 0) is 11.2 Å². The quantitative estimate of drug-likeness (QED) is 0.800. The minimum atomic E-state index is 0.0443. The summed E-state index contributed by atoms with van der Waals surface area (Å²) in [6.07, 6.45) is 3.61. The molecule has 0 aliphatic rings. The Labute approximate surface area is 139 Å². The number of benzene rings is 1. The topological polar surface area (TPSA) is 55.1 Å². The zero-order valence-electron chi connectivity index (χ0n) is 12.9. The maximum absolute atomic E-state index is 11.7. The Morgan fingerprint density at radius 3 is 2.95 bits per heavy atom. The Bertz CT molecular complexity index is 623. The first-order chi connectivity index (χ1) is 10.5. The van der Waals surface area contributed by atoms with Crippen molar-refractivity contribution in [2.45, 2.75) is 33.1 Å². The Morgan fingerprint density at radius 2 is 2.23 bits per heavy atom. The molecule has 2 aromatic rings. The van der Waals surface area contributed by atoms with Crippen LogP contribution in [0.5, 0.6) is 0 Å².